The van der Waals surface area contributed by atoms with Gasteiger partial charge in [0.25, 0.3) is 0 Å². The second-order valence-electron chi connectivity index (χ2n) is 1.83. The highest BCUT2D eigenvalue weighted by Crippen LogP contribution is 2.10. The van der Waals surface area contributed by atoms with Gasteiger partial charge in [-0.05, 0) is 18.2 Å². The third kappa shape index (κ3) is 1.80. The molecule has 53 valence electrons. The van der Waals surface area contributed by atoms with E-state index in [0.29, 0.717) is 11.3 Å². The third-order valence-corrected chi connectivity index (χ3v) is 1.12. The Kier molecular flexibility index (Phi) is 2.24. The molecule has 1 rings (SSSR count). The second kappa shape index (κ2) is 3.37. The van der Waals surface area contributed by atoms with E-state index in [-0.39, 0.29) is 0 Å². The van der Waals surface area contributed by atoms with Gasteiger partial charge in [-0.2, -0.15) is 5.26 Å². The van der Waals surface area contributed by atoms with E-state index < -0.39 is 0 Å². The Bertz CT molecular complexity index is 301. The van der Waals surface area contributed by atoms with Crippen molar-refractivity contribution < 1.29 is 9.53 Å². The van der Waals surface area contributed by atoms with E-state index in [1.165, 1.54) is 12.5 Å². The molecule has 0 spiro atoms. The van der Waals surface area contributed by atoms with Crippen molar-refractivity contribution in [3.8, 4) is 11.8 Å². The second-order valence-corrected chi connectivity index (χ2v) is 1.83. The standard InChI is InChI=1S/C8H4NO2/c9-5-7-2-1-3-8(4-7)11-6-10/h1-4H. The number of hydrogen-bond acceptors (Lipinski definition) is 3. The van der Waals surface area contributed by atoms with E-state index in [9.17, 15) is 4.79 Å². The van der Waals surface area contributed by atoms with Gasteiger partial charge in [0.2, 0.25) is 0 Å². The van der Waals surface area contributed by atoms with Crippen LogP contribution in [0.4, 0.5) is 0 Å². The lowest BCUT2D eigenvalue weighted by atomic mass is 10.2. The maximum atomic E-state index is 9.74. The number of hydrogen-bond donors (Lipinski definition) is 0. The summed E-state index contributed by atoms with van der Waals surface area (Å²) in [6.45, 7) is 1.28. The minimum absolute atomic E-state index is 0.332. The number of rotatable bonds is 2. The molecule has 3 heteroatoms. The lowest BCUT2D eigenvalue weighted by Crippen LogP contribution is -1.87. The summed E-state index contributed by atoms with van der Waals surface area (Å²) in [5.74, 6) is 0.332. The highest BCUT2D eigenvalue weighted by molar-refractivity contribution is 5.47. The number of benzene rings is 1. The summed E-state index contributed by atoms with van der Waals surface area (Å²) in [6, 6.07) is 8.21. The van der Waals surface area contributed by atoms with Crippen LogP contribution in [0.1, 0.15) is 5.56 Å². The van der Waals surface area contributed by atoms with Crippen molar-refractivity contribution >= 4 is 6.47 Å². The predicted octanol–water partition coefficient (Wildman–Crippen LogP) is 1.00. The molecule has 3 nitrogen and oxygen atoms in total. The molecule has 1 aromatic rings. The van der Waals surface area contributed by atoms with Crippen LogP contribution in [-0.4, -0.2) is 6.47 Å². The molecule has 0 heterocycles. The minimum atomic E-state index is 0.332. The van der Waals surface area contributed by atoms with Gasteiger partial charge in [-0.25, -0.2) is 4.79 Å². The van der Waals surface area contributed by atoms with Gasteiger partial charge in [-0.3, -0.25) is 0 Å². The van der Waals surface area contributed by atoms with Gasteiger partial charge in [0.15, 0.2) is 0 Å². The highest BCUT2D eigenvalue weighted by Gasteiger charge is 1.93. The van der Waals surface area contributed by atoms with E-state index in [1.54, 1.807) is 18.2 Å². The molecule has 0 saturated carbocycles. The lowest BCUT2D eigenvalue weighted by molar-refractivity contribution is 0.442. The summed E-state index contributed by atoms with van der Waals surface area (Å²) in [7, 11) is 0. The summed E-state index contributed by atoms with van der Waals surface area (Å²) in [5.41, 5.74) is 0.456. The highest BCUT2D eigenvalue weighted by atomic mass is 16.5. The average molecular weight is 146 g/mol. The first-order valence-corrected chi connectivity index (χ1v) is 2.91. The van der Waals surface area contributed by atoms with Crippen LogP contribution in [0, 0.1) is 11.3 Å². The van der Waals surface area contributed by atoms with E-state index in [1.807, 2.05) is 6.07 Å². The molecule has 0 N–H and O–H groups in total. The fourth-order valence-corrected chi connectivity index (χ4v) is 0.677. The molecule has 0 amide bonds. The zero-order valence-corrected chi connectivity index (χ0v) is 5.57. The van der Waals surface area contributed by atoms with Crippen LogP contribution in [0.5, 0.6) is 5.75 Å². The monoisotopic (exact) mass is 146 g/mol. The third-order valence-electron chi connectivity index (χ3n) is 1.12. The first-order chi connectivity index (χ1) is 5.36. The van der Waals surface area contributed by atoms with E-state index in [0.717, 1.165) is 0 Å². The molecule has 0 aromatic heterocycles. The molecule has 0 fully saturated rings. The van der Waals surface area contributed by atoms with Gasteiger partial charge in [-0.15, -0.1) is 0 Å². The predicted molar refractivity (Wildman–Crippen MR) is 37.5 cm³/mol. The zero-order valence-electron chi connectivity index (χ0n) is 5.57. The van der Waals surface area contributed by atoms with Gasteiger partial charge in [0, 0.05) is 0 Å². The Morgan fingerprint density at radius 2 is 2.27 bits per heavy atom. The maximum Gasteiger partial charge on any atom is 0.423 e. The fraction of sp³-hybridized carbons (Fsp3) is 0. The van der Waals surface area contributed by atoms with Crippen LogP contribution in [0.3, 0.4) is 0 Å². The smallest absolute Gasteiger partial charge is 0.418 e. The Morgan fingerprint density at radius 1 is 1.45 bits per heavy atom. The van der Waals surface area contributed by atoms with Gasteiger partial charge in [0.05, 0.1) is 11.6 Å². The Hall–Kier alpha value is -1.82. The summed E-state index contributed by atoms with van der Waals surface area (Å²) < 4.78 is 4.39. The van der Waals surface area contributed by atoms with Crippen molar-refractivity contribution in [1.29, 1.82) is 5.26 Å². The number of nitriles is 1. The number of ether oxygens (including phenoxy) is 1. The van der Waals surface area contributed by atoms with Crippen LogP contribution in [0.2, 0.25) is 0 Å². The largest absolute Gasteiger partial charge is 0.423 e. The summed E-state index contributed by atoms with van der Waals surface area (Å²) >= 11 is 0. The quantitative estimate of drug-likeness (QED) is 0.625. The molecular weight excluding hydrogens is 142 g/mol. The van der Waals surface area contributed by atoms with Gasteiger partial charge in [0.1, 0.15) is 5.75 Å². The van der Waals surface area contributed by atoms with Crippen molar-refractivity contribution in [2.24, 2.45) is 0 Å². The first kappa shape index (κ1) is 7.29. The molecule has 11 heavy (non-hydrogen) atoms. The normalized spacial score (nSPS) is 8.27. The topological polar surface area (TPSA) is 50.1 Å². The van der Waals surface area contributed by atoms with Crippen molar-refractivity contribution in [2.75, 3.05) is 0 Å². The summed E-state index contributed by atoms with van der Waals surface area (Å²) in [6.07, 6.45) is 0. The first-order valence-electron chi connectivity index (χ1n) is 2.91. The van der Waals surface area contributed by atoms with Crippen LogP contribution in [0.15, 0.2) is 24.3 Å². The van der Waals surface area contributed by atoms with Crippen molar-refractivity contribution in [3.05, 3.63) is 29.8 Å². The fourth-order valence-electron chi connectivity index (χ4n) is 0.677. The van der Waals surface area contributed by atoms with Crippen molar-refractivity contribution in [3.63, 3.8) is 0 Å². The molecule has 0 aliphatic rings. The molecule has 0 atom stereocenters. The average Bonchev–Trinajstić information content (AvgIpc) is 2.06. The van der Waals surface area contributed by atoms with E-state index >= 15 is 0 Å². The van der Waals surface area contributed by atoms with Crippen LogP contribution >= 0.6 is 0 Å². The summed E-state index contributed by atoms with van der Waals surface area (Å²) in [4.78, 5) is 9.74. The molecule has 0 unspecified atom stereocenters. The van der Waals surface area contributed by atoms with E-state index in [4.69, 9.17) is 5.26 Å². The van der Waals surface area contributed by atoms with Crippen LogP contribution in [0.25, 0.3) is 0 Å². The minimum Gasteiger partial charge on any atom is -0.418 e. The molecule has 1 aromatic carbocycles. The molecule has 0 saturated heterocycles. The Labute approximate surface area is 63.8 Å². The SMILES string of the molecule is N#Cc1cccc(O[C]=O)c1. The van der Waals surface area contributed by atoms with Gasteiger partial charge < -0.3 is 4.74 Å². The number of nitrogens with zero attached hydrogens (tertiary/aromatic N) is 1. The molecule has 0 bridgehead atoms. The molecule has 0 aliphatic carbocycles. The maximum absolute atomic E-state index is 9.74. The zero-order chi connectivity index (χ0) is 8.10. The molecular formula is C8H4NO2. The lowest BCUT2D eigenvalue weighted by Gasteiger charge is -1.94. The number of carbonyl (C=O) groups excluding carboxylic acids is 1. The Balaban J connectivity index is 2.93. The van der Waals surface area contributed by atoms with Crippen LogP contribution < -0.4 is 4.74 Å². The van der Waals surface area contributed by atoms with E-state index in [2.05, 4.69) is 4.74 Å². The van der Waals surface area contributed by atoms with Gasteiger partial charge in [-0.1, -0.05) is 6.07 Å². The van der Waals surface area contributed by atoms with Crippen molar-refractivity contribution in [1.82, 2.24) is 0 Å². The van der Waals surface area contributed by atoms with Crippen LogP contribution in [-0.2, 0) is 4.79 Å². The molecule has 1 radical (unpaired) electrons. The summed E-state index contributed by atoms with van der Waals surface area (Å²) in [5, 5.41) is 8.43. The van der Waals surface area contributed by atoms with Crippen molar-refractivity contribution in [2.45, 2.75) is 0 Å². The van der Waals surface area contributed by atoms with Gasteiger partial charge >= 0.3 is 6.47 Å². The molecule has 0 aliphatic heterocycles. The Morgan fingerprint density at radius 3 is 2.91 bits per heavy atom.